The van der Waals surface area contributed by atoms with Gasteiger partial charge < -0.3 is 0 Å². The molecule has 0 fully saturated rings. The first-order valence-electron chi connectivity index (χ1n) is 4.83. The zero-order valence-corrected chi connectivity index (χ0v) is 11.1. The second kappa shape index (κ2) is 5.35. The van der Waals surface area contributed by atoms with Gasteiger partial charge >= 0.3 is 0 Å². The van der Waals surface area contributed by atoms with E-state index < -0.39 is 5.82 Å². The number of hydrogen-bond donors (Lipinski definition) is 0. The van der Waals surface area contributed by atoms with Crippen LogP contribution in [0.5, 0.6) is 0 Å². The number of halogens is 2. The predicted octanol–water partition coefficient (Wildman–Crippen LogP) is 4.61. The van der Waals surface area contributed by atoms with Gasteiger partial charge in [-0.3, -0.25) is 0 Å². The van der Waals surface area contributed by atoms with E-state index in [0.717, 1.165) is 9.37 Å². The molecule has 1 nitrogen and oxygen atoms in total. The van der Waals surface area contributed by atoms with Gasteiger partial charge in [-0.05, 0) is 30.3 Å². The molecule has 0 bridgehead atoms. The monoisotopic (exact) mass is 307 g/mol. The Morgan fingerprint density at radius 1 is 1.18 bits per heavy atom. The summed E-state index contributed by atoms with van der Waals surface area (Å²) in [5.41, 5.74) is 0.0949. The lowest BCUT2D eigenvalue weighted by molar-refractivity contribution is 0.620. The third-order valence-corrected chi connectivity index (χ3v) is 3.65. The lowest BCUT2D eigenvalue weighted by atomic mass is 10.2. The molecule has 0 aliphatic carbocycles. The Morgan fingerprint density at radius 3 is 2.65 bits per heavy atom. The lowest BCUT2D eigenvalue weighted by Crippen LogP contribution is -1.86. The summed E-state index contributed by atoms with van der Waals surface area (Å²) in [5.74, 6) is -0.479. The van der Waals surface area contributed by atoms with Gasteiger partial charge in [-0.25, -0.2) is 4.39 Å². The van der Waals surface area contributed by atoms with Crippen molar-refractivity contribution >= 4 is 27.7 Å². The molecular weight excluding hydrogens is 301 g/mol. The quantitative estimate of drug-likeness (QED) is 0.809. The topological polar surface area (TPSA) is 23.8 Å². The van der Waals surface area contributed by atoms with Crippen LogP contribution >= 0.6 is 27.7 Å². The molecule has 2 aromatic carbocycles. The number of hydrogen-bond acceptors (Lipinski definition) is 2. The molecule has 0 atom stereocenters. The molecule has 0 amide bonds. The molecular formula is C13H7BrFNS. The fraction of sp³-hybridized carbons (Fsp3) is 0. The van der Waals surface area contributed by atoms with Gasteiger partial charge in [-0.1, -0.05) is 39.8 Å². The first-order chi connectivity index (χ1) is 8.20. The number of benzene rings is 2. The van der Waals surface area contributed by atoms with Crippen molar-refractivity contribution < 1.29 is 4.39 Å². The summed E-state index contributed by atoms with van der Waals surface area (Å²) in [4.78, 5) is 1.59. The maximum atomic E-state index is 13.4. The Hall–Kier alpha value is -1.31. The summed E-state index contributed by atoms with van der Waals surface area (Å²) in [6, 6.07) is 14.2. The van der Waals surface area contributed by atoms with E-state index in [0.29, 0.717) is 4.90 Å². The smallest absolute Gasteiger partial charge is 0.142 e. The Labute approximate surface area is 111 Å². The van der Waals surface area contributed by atoms with Crippen LogP contribution in [0.1, 0.15) is 5.56 Å². The highest BCUT2D eigenvalue weighted by Gasteiger charge is 2.08. The molecule has 0 N–H and O–H groups in total. The Bertz CT molecular complexity index is 592. The van der Waals surface area contributed by atoms with Crippen molar-refractivity contribution in [3.05, 3.63) is 58.3 Å². The minimum Gasteiger partial charge on any atom is -0.206 e. The third-order valence-electron chi connectivity index (χ3n) is 2.11. The highest BCUT2D eigenvalue weighted by atomic mass is 79.9. The first-order valence-corrected chi connectivity index (χ1v) is 6.43. The van der Waals surface area contributed by atoms with Gasteiger partial charge in [0.2, 0.25) is 0 Å². The summed E-state index contributed by atoms with van der Waals surface area (Å²) in [7, 11) is 0. The summed E-state index contributed by atoms with van der Waals surface area (Å²) >= 11 is 4.75. The van der Waals surface area contributed by atoms with Crippen LogP contribution in [-0.4, -0.2) is 0 Å². The predicted molar refractivity (Wildman–Crippen MR) is 69.4 cm³/mol. The van der Waals surface area contributed by atoms with Gasteiger partial charge in [-0.15, -0.1) is 0 Å². The molecule has 0 radical (unpaired) electrons. The highest BCUT2D eigenvalue weighted by molar-refractivity contribution is 9.10. The van der Waals surface area contributed by atoms with Gasteiger partial charge in [0, 0.05) is 14.3 Å². The first kappa shape index (κ1) is 12.2. The highest BCUT2D eigenvalue weighted by Crippen LogP contribution is 2.32. The average Bonchev–Trinajstić information content (AvgIpc) is 2.29. The standard InChI is InChI=1S/C13H7BrFNS/c14-9-3-1-4-10(7-9)17-13-6-2-5-12(15)11(13)8-16/h1-7H. The van der Waals surface area contributed by atoms with Gasteiger partial charge in [0.1, 0.15) is 17.4 Å². The van der Waals surface area contributed by atoms with Crippen molar-refractivity contribution in [2.24, 2.45) is 0 Å². The van der Waals surface area contributed by atoms with Crippen molar-refractivity contribution in [3.8, 4) is 6.07 Å². The van der Waals surface area contributed by atoms with Crippen LogP contribution < -0.4 is 0 Å². The molecule has 84 valence electrons. The van der Waals surface area contributed by atoms with Gasteiger partial charge in [0.25, 0.3) is 0 Å². The zero-order valence-electron chi connectivity index (χ0n) is 8.65. The minimum absolute atomic E-state index is 0.0949. The fourth-order valence-electron chi connectivity index (χ4n) is 1.36. The van der Waals surface area contributed by atoms with Crippen LogP contribution in [0.4, 0.5) is 4.39 Å². The molecule has 4 heteroatoms. The molecule has 0 aliphatic rings. The number of rotatable bonds is 2. The maximum absolute atomic E-state index is 13.4. The van der Waals surface area contributed by atoms with Crippen molar-refractivity contribution in [1.82, 2.24) is 0 Å². The maximum Gasteiger partial charge on any atom is 0.142 e. The molecule has 2 rings (SSSR count). The lowest BCUT2D eigenvalue weighted by Gasteiger charge is -2.04. The van der Waals surface area contributed by atoms with E-state index in [2.05, 4.69) is 15.9 Å². The molecule has 17 heavy (non-hydrogen) atoms. The van der Waals surface area contributed by atoms with Crippen molar-refractivity contribution in [1.29, 1.82) is 5.26 Å². The third kappa shape index (κ3) is 2.87. The summed E-state index contributed by atoms with van der Waals surface area (Å²) < 4.78 is 14.3. The van der Waals surface area contributed by atoms with E-state index >= 15 is 0 Å². The van der Waals surface area contributed by atoms with Crippen LogP contribution in [0.25, 0.3) is 0 Å². The van der Waals surface area contributed by atoms with Crippen molar-refractivity contribution in [3.63, 3.8) is 0 Å². The van der Waals surface area contributed by atoms with Crippen LogP contribution in [0.3, 0.4) is 0 Å². The molecule has 0 aromatic heterocycles. The normalized spacial score (nSPS) is 9.94. The molecule has 0 saturated heterocycles. The van der Waals surface area contributed by atoms with E-state index in [1.807, 2.05) is 30.3 Å². The molecule has 0 saturated carbocycles. The van der Waals surface area contributed by atoms with Gasteiger partial charge in [-0.2, -0.15) is 5.26 Å². The molecule has 0 unspecified atom stereocenters. The summed E-state index contributed by atoms with van der Waals surface area (Å²) in [6.07, 6.45) is 0. The molecule has 2 aromatic rings. The molecule has 0 aliphatic heterocycles. The van der Waals surface area contributed by atoms with Crippen molar-refractivity contribution in [2.45, 2.75) is 9.79 Å². The molecule has 0 spiro atoms. The summed E-state index contributed by atoms with van der Waals surface area (Å²) in [6.45, 7) is 0. The van der Waals surface area contributed by atoms with E-state index in [-0.39, 0.29) is 5.56 Å². The van der Waals surface area contributed by atoms with E-state index in [1.54, 1.807) is 12.1 Å². The zero-order chi connectivity index (χ0) is 12.3. The van der Waals surface area contributed by atoms with Crippen molar-refractivity contribution in [2.75, 3.05) is 0 Å². The minimum atomic E-state index is -0.479. The van der Waals surface area contributed by atoms with Gasteiger partial charge in [0.05, 0.1) is 0 Å². The summed E-state index contributed by atoms with van der Waals surface area (Å²) in [5, 5.41) is 8.92. The van der Waals surface area contributed by atoms with Crippen LogP contribution in [-0.2, 0) is 0 Å². The van der Waals surface area contributed by atoms with E-state index in [4.69, 9.17) is 5.26 Å². The second-order valence-electron chi connectivity index (χ2n) is 3.28. The van der Waals surface area contributed by atoms with Crippen LogP contribution in [0.15, 0.2) is 56.7 Å². The number of nitrogens with zero attached hydrogens (tertiary/aromatic N) is 1. The average molecular weight is 308 g/mol. The molecule has 0 heterocycles. The van der Waals surface area contributed by atoms with Crippen LogP contribution in [0, 0.1) is 17.1 Å². The van der Waals surface area contributed by atoms with E-state index in [1.165, 1.54) is 17.8 Å². The fourth-order valence-corrected chi connectivity index (χ4v) is 2.88. The van der Waals surface area contributed by atoms with E-state index in [9.17, 15) is 4.39 Å². The Kier molecular flexibility index (Phi) is 3.82. The Morgan fingerprint density at radius 2 is 1.94 bits per heavy atom. The SMILES string of the molecule is N#Cc1c(F)cccc1Sc1cccc(Br)c1. The van der Waals surface area contributed by atoms with Gasteiger partial charge in [0.15, 0.2) is 0 Å². The van der Waals surface area contributed by atoms with Crippen LogP contribution in [0.2, 0.25) is 0 Å². The second-order valence-corrected chi connectivity index (χ2v) is 5.32. The largest absolute Gasteiger partial charge is 0.206 e. The number of nitriles is 1. The Balaban J connectivity index is 2.37.